The van der Waals surface area contributed by atoms with Crippen molar-refractivity contribution in [3.05, 3.63) is 10.2 Å². The van der Waals surface area contributed by atoms with Crippen molar-refractivity contribution in [3.8, 4) is 0 Å². The van der Waals surface area contributed by atoms with Gasteiger partial charge in [-0.05, 0) is 0 Å². The molecule has 0 saturated heterocycles. The van der Waals surface area contributed by atoms with Gasteiger partial charge in [0.1, 0.15) is 0 Å². The van der Waals surface area contributed by atoms with E-state index in [1.54, 1.807) is 0 Å². The molecule has 1 atom stereocenters. The van der Waals surface area contributed by atoms with E-state index in [0.29, 0.717) is 5.92 Å². The molecule has 0 rings (SSSR count). The molecule has 22 heavy (non-hydrogen) atoms. The van der Waals surface area contributed by atoms with Crippen LogP contribution in [0.5, 0.6) is 0 Å². The first-order chi connectivity index (χ1) is 10.5. The Hall–Kier alpha value is 0.499. The summed E-state index contributed by atoms with van der Waals surface area (Å²) in [4.78, 5) is 0. The second kappa shape index (κ2) is 13.9. The quantitative estimate of drug-likeness (QED) is 0.311. The zero-order chi connectivity index (χ0) is 16.8. The predicted molar refractivity (Wildman–Crippen MR) is 104 cm³/mol. The summed E-state index contributed by atoms with van der Waals surface area (Å²) in [6.07, 6.45) is 12.3. The third-order valence-electron chi connectivity index (χ3n) is 4.71. The maximum atomic E-state index is 10.1. The van der Waals surface area contributed by atoms with Gasteiger partial charge in [-0.3, -0.25) is 0 Å². The monoisotopic (exact) mass is 418 g/mol. The van der Waals surface area contributed by atoms with E-state index in [1.807, 2.05) is 0 Å². The van der Waals surface area contributed by atoms with E-state index in [9.17, 15) is 5.11 Å². The molecule has 0 heterocycles. The predicted octanol–water partition coefficient (Wildman–Crippen LogP) is 6.73. The molecule has 1 N–H and O–H groups in total. The van der Waals surface area contributed by atoms with E-state index in [-0.39, 0.29) is 6.10 Å². The minimum absolute atomic E-state index is 0.135. The van der Waals surface area contributed by atoms with E-state index in [0.717, 1.165) is 12.8 Å². The summed E-state index contributed by atoms with van der Waals surface area (Å²) in [7, 11) is 0. The van der Waals surface area contributed by atoms with Gasteiger partial charge >= 0.3 is 145 Å². The average molecular weight is 417 g/mol. The SMILES string of the molecule is CCC[CH2][Sn](/[CH]=C/C[C@@H](O)CC(C)C)([CH2]CCC)[CH2]CCC. The van der Waals surface area contributed by atoms with Crippen LogP contribution in [0.15, 0.2) is 10.2 Å². The minimum atomic E-state index is -2.10. The van der Waals surface area contributed by atoms with Crippen molar-refractivity contribution >= 4 is 18.4 Å². The van der Waals surface area contributed by atoms with Gasteiger partial charge in [-0.1, -0.05) is 0 Å². The van der Waals surface area contributed by atoms with Crippen LogP contribution in [0.25, 0.3) is 0 Å². The van der Waals surface area contributed by atoms with Gasteiger partial charge in [-0.2, -0.15) is 0 Å². The molecule has 2 heteroatoms. The van der Waals surface area contributed by atoms with Crippen molar-refractivity contribution in [1.29, 1.82) is 0 Å². The summed E-state index contributed by atoms with van der Waals surface area (Å²) < 4.78 is 7.28. The summed E-state index contributed by atoms with van der Waals surface area (Å²) in [6.45, 7) is 11.4. The van der Waals surface area contributed by atoms with Crippen LogP contribution in [0.3, 0.4) is 0 Å². The first kappa shape index (κ1) is 22.5. The molecule has 132 valence electrons. The van der Waals surface area contributed by atoms with Crippen LogP contribution < -0.4 is 0 Å². The molecule has 0 aromatic carbocycles. The fourth-order valence-corrected chi connectivity index (χ4v) is 17.8. The molecule has 0 aliphatic rings. The molecule has 0 saturated carbocycles. The van der Waals surface area contributed by atoms with E-state index >= 15 is 0 Å². The van der Waals surface area contributed by atoms with Gasteiger partial charge in [0.2, 0.25) is 0 Å². The van der Waals surface area contributed by atoms with Crippen LogP contribution in [0.4, 0.5) is 0 Å². The van der Waals surface area contributed by atoms with Crippen molar-refractivity contribution in [2.24, 2.45) is 5.92 Å². The van der Waals surface area contributed by atoms with Crippen molar-refractivity contribution in [2.75, 3.05) is 0 Å². The molecule has 1 nitrogen and oxygen atoms in total. The van der Waals surface area contributed by atoms with Crippen LogP contribution in [0, 0.1) is 5.92 Å². The third-order valence-corrected chi connectivity index (χ3v) is 19.0. The van der Waals surface area contributed by atoms with Crippen LogP contribution in [0.2, 0.25) is 13.3 Å². The number of aliphatic hydroxyl groups excluding tert-OH is 1. The number of unbranched alkanes of at least 4 members (excludes halogenated alkanes) is 3. The van der Waals surface area contributed by atoms with Gasteiger partial charge in [0.15, 0.2) is 0 Å². The molecule has 0 fully saturated rings. The molecule has 0 aromatic heterocycles. The number of hydrogen-bond donors (Lipinski definition) is 1. The number of hydrogen-bond acceptors (Lipinski definition) is 1. The van der Waals surface area contributed by atoms with E-state index in [1.165, 1.54) is 51.8 Å². The maximum absolute atomic E-state index is 10.1. The Morgan fingerprint density at radius 2 is 1.32 bits per heavy atom. The zero-order valence-corrected chi connectivity index (χ0v) is 18.9. The first-order valence-electron chi connectivity index (χ1n) is 9.85. The fraction of sp³-hybridized carbons (Fsp3) is 0.900. The molecule has 0 aliphatic heterocycles. The van der Waals surface area contributed by atoms with Crippen LogP contribution >= 0.6 is 0 Å². The molecule has 0 unspecified atom stereocenters. The molecule has 0 spiro atoms. The summed E-state index contributed by atoms with van der Waals surface area (Å²) >= 11 is -2.10. The third kappa shape index (κ3) is 11.1. The van der Waals surface area contributed by atoms with Crippen LogP contribution in [0.1, 0.15) is 86.0 Å². The van der Waals surface area contributed by atoms with Gasteiger partial charge in [-0.15, -0.1) is 0 Å². The first-order valence-corrected chi connectivity index (χ1v) is 17.6. The summed E-state index contributed by atoms with van der Waals surface area (Å²) in [5, 5.41) is 10.1. The molecule has 0 bridgehead atoms. The second-order valence-electron chi connectivity index (χ2n) is 7.59. The van der Waals surface area contributed by atoms with E-state index in [4.69, 9.17) is 0 Å². The Labute approximate surface area is 144 Å². The Balaban J connectivity index is 4.75. The molecule has 0 aromatic rings. The molecule has 0 aliphatic carbocycles. The van der Waals surface area contributed by atoms with Crippen molar-refractivity contribution in [3.63, 3.8) is 0 Å². The summed E-state index contributed by atoms with van der Waals surface area (Å²) in [5.41, 5.74) is 0. The van der Waals surface area contributed by atoms with Crippen molar-refractivity contribution in [2.45, 2.75) is 105 Å². The van der Waals surface area contributed by atoms with E-state index in [2.05, 4.69) is 44.8 Å². The molecule has 0 radical (unpaired) electrons. The fourth-order valence-electron chi connectivity index (χ4n) is 3.33. The molecule has 0 amide bonds. The number of rotatable bonds is 14. The van der Waals surface area contributed by atoms with Gasteiger partial charge in [-0.25, -0.2) is 0 Å². The van der Waals surface area contributed by atoms with Gasteiger partial charge < -0.3 is 0 Å². The molecular formula is C20H42OSn. The molecular weight excluding hydrogens is 375 g/mol. The zero-order valence-electron chi connectivity index (χ0n) is 16.0. The second-order valence-corrected chi connectivity index (χ2v) is 20.6. The standard InChI is InChI=1S/C8H15O.3C4H9.Sn/c1-4-5-8(9)6-7(2)3;3*1-3-4-2;/h1,4,7-9H,5-6H2,2-3H3;3*1,3-4H2,2H3;/t8-;;;;/m1..../s1. The van der Waals surface area contributed by atoms with Gasteiger partial charge in [0.05, 0.1) is 0 Å². The topological polar surface area (TPSA) is 20.2 Å². The number of aliphatic hydroxyl groups is 1. The van der Waals surface area contributed by atoms with E-state index < -0.39 is 18.4 Å². The summed E-state index contributed by atoms with van der Waals surface area (Å²) in [6, 6.07) is 0. The summed E-state index contributed by atoms with van der Waals surface area (Å²) in [5.74, 6) is 0.594. The van der Waals surface area contributed by atoms with Gasteiger partial charge in [0.25, 0.3) is 0 Å². The Bertz CT molecular complexity index is 251. The van der Waals surface area contributed by atoms with Crippen molar-refractivity contribution in [1.82, 2.24) is 0 Å². The normalized spacial score (nSPS) is 14.1. The van der Waals surface area contributed by atoms with Crippen LogP contribution in [-0.4, -0.2) is 29.6 Å². The van der Waals surface area contributed by atoms with Gasteiger partial charge in [0, 0.05) is 0 Å². The average Bonchev–Trinajstić information content (AvgIpc) is 2.47. The van der Waals surface area contributed by atoms with Crippen molar-refractivity contribution < 1.29 is 5.11 Å². The van der Waals surface area contributed by atoms with Crippen LogP contribution in [-0.2, 0) is 0 Å². The Kier molecular flexibility index (Phi) is 14.2. The Morgan fingerprint density at radius 3 is 1.68 bits per heavy atom. The Morgan fingerprint density at radius 1 is 0.864 bits per heavy atom.